The van der Waals surface area contributed by atoms with Crippen LogP contribution in [-0.2, 0) is 4.74 Å². The fourth-order valence-corrected chi connectivity index (χ4v) is 2.54. The van der Waals surface area contributed by atoms with Gasteiger partial charge in [0, 0.05) is 12.6 Å². The summed E-state index contributed by atoms with van der Waals surface area (Å²) in [4.78, 5) is 0. The lowest BCUT2D eigenvalue weighted by atomic mass is 9.71. The molecule has 2 heteroatoms. The molecule has 0 aromatic heterocycles. The first-order valence-electron chi connectivity index (χ1n) is 6.09. The molecule has 0 radical (unpaired) electrons. The Balaban J connectivity index is 2.62. The summed E-state index contributed by atoms with van der Waals surface area (Å²) >= 11 is 0. The van der Waals surface area contributed by atoms with Crippen LogP contribution in [0.2, 0.25) is 0 Å². The minimum atomic E-state index is -0.0557. The summed E-state index contributed by atoms with van der Waals surface area (Å²) in [6.07, 6.45) is 6.03. The topological polar surface area (TPSA) is 35.2 Å². The van der Waals surface area contributed by atoms with Crippen molar-refractivity contribution in [1.82, 2.24) is 0 Å². The third-order valence-corrected chi connectivity index (χ3v) is 3.89. The van der Waals surface area contributed by atoms with E-state index >= 15 is 0 Å². The Labute approximate surface area is 88.2 Å². The summed E-state index contributed by atoms with van der Waals surface area (Å²) < 4.78 is 5.92. The third-order valence-electron chi connectivity index (χ3n) is 3.89. The maximum absolute atomic E-state index is 6.34. The van der Waals surface area contributed by atoms with Crippen LogP contribution in [0.5, 0.6) is 0 Å². The van der Waals surface area contributed by atoms with E-state index in [2.05, 4.69) is 20.8 Å². The average molecular weight is 199 g/mol. The zero-order chi connectivity index (χ0) is 10.6. The van der Waals surface area contributed by atoms with Gasteiger partial charge in [0.15, 0.2) is 0 Å². The Kier molecular flexibility index (Phi) is 4.39. The summed E-state index contributed by atoms with van der Waals surface area (Å²) in [7, 11) is 0. The van der Waals surface area contributed by atoms with E-state index < -0.39 is 0 Å². The molecule has 1 atom stereocenters. The van der Waals surface area contributed by atoms with Crippen LogP contribution >= 0.6 is 0 Å². The van der Waals surface area contributed by atoms with Crippen LogP contribution < -0.4 is 5.73 Å². The van der Waals surface area contributed by atoms with Gasteiger partial charge in [0.1, 0.15) is 0 Å². The zero-order valence-electron chi connectivity index (χ0n) is 9.88. The van der Waals surface area contributed by atoms with Crippen molar-refractivity contribution in [3.63, 3.8) is 0 Å². The lowest BCUT2D eigenvalue weighted by Gasteiger charge is -2.44. The molecular weight excluding hydrogens is 174 g/mol. The minimum absolute atomic E-state index is 0.0557. The van der Waals surface area contributed by atoms with Crippen LogP contribution in [0.1, 0.15) is 52.9 Å². The van der Waals surface area contributed by atoms with E-state index in [-0.39, 0.29) is 11.6 Å². The summed E-state index contributed by atoms with van der Waals surface area (Å²) in [6.45, 7) is 7.23. The van der Waals surface area contributed by atoms with Crippen LogP contribution in [0.3, 0.4) is 0 Å². The molecule has 2 nitrogen and oxygen atoms in total. The van der Waals surface area contributed by atoms with Crippen molar-refractivity contribution in [3.05, 3.63) is 0 Å². The molecule has 1 rings (SSSR count). The largest absolute Gasteiger partial charge is 0.374 e. The van der Waals surface area contributed by atoms with E-state index in [1.54, 1.807) is 0 Å². The van der Waals surface area contributed by atoms with Crippen molar-refractivity contribution in [2.24, 2.45) is 11.7 Å². The Morgan fingerprint density at radius 1 is 1.29 bits per heavy atom. The van der Waals surface area contributed by atoms with E-state index in [9.17, 15) is 0 Å². The van der Waals surface area contributed by atoms with Crippen LogP contribution in [0.25, 0.3) is 0 Å². The molecule has 1 fully saturated rings. The van der Waals surface area contributed by atoms with Crippen molar-refractivity contribution < 1.29 is 4.74 Å². The van der Waals surface area contributed by atoms with Gasteiger partial charge in [-0.3, -0.25) is 0 Å². The van der Waals surface area contributed by atoms with Gasteiger partial charge in [-0.15, -0.1) is 0 Å². The summed E-state index contributed by atoms with van der Waals surface area (Å²) in [5.41, 5.74) is 6.28. The van der Waals surface area contributed by atoms with Crippen LogP contribution in [0.15, 0.2) is 0 Å². The second-order valence-electron chi connectivity index (χ2n) is 4.42. The molecule has 0 bridgehead atoms. The van der Waals surface area contributed by atoms with Gasteiger partial charge in [-0.2, -0.15) is 0 Å². The smallest absolute Gasteiger partial charge is 0.0829 e. The maximum atomic E-state index is 6.34. The van der Waals surface area contributed by atoms with Crippen molar-refractivity contribution >= 4 is 0 Å². The van der Waals surface area contributed by atoms with Crippen molar-refractivity contribution in [3.8, 4) is 0 Å². The Morgan fingerprint density at radius 2 is 1.86 bits per heavy atom. The highest BCUT2D eigenvalue weighted by Crippen LogP contribution is 2.37. The molecule has 0 amide bonds. The molecule has 1 unspecified atom stereocenters. The predicted molar refractivity (Wildman–Crippen MR) is 60.3 cm³/mol. The summed E-state index contributed by atoms with van der Waals surface area (Å²) in [5, 5.41) is 0. The first-order valence-corrected chi connectivity index (χ1v) is 6.09. The minimum Gasteiger partial charge on any atom is -0.374 e. The first-order chi connectivity index (χ1) is 6.70. The monoisotopic (exact) mass is 199 g/mol. The molecule has 0 saturated heterocycles. The molecule has 1 saturated carbocycles. The molecule has 1 aliphatic rings. The molecule has 0 aromatic rings. The second kappa shape index (κ2) is 5.13. The maximum Gasteiger partial charge on any atom is 0.0829 e. The van der Waals surface area contributed by atoms with E-state index in [0.717, 1.165) is 19.4 Å². The molecule has 0 spiro atoms. The first kappa shape index (κ1) is 12.0. The number of rotatable bonds is 6. The van der Waals surface area contributed by atoms with E-state index in [1.165, 1.54) is 19.3 Å². The van der Waals surface area contributed by atoms with Crippen molar-refractivity contribution in [2.75, 3.05) is 6.61 Å². The molecule has 84 valence electrons. The fraction of sp³-hybridized carbons (Fsp3) is 1.00. The van der Waals surface area contributed by atoms with E-state index in [1.807, 2.05) is 0 Å². The van der Waals surface area contributed by atoms with Gasteiger partial charge in [-0.05, 0) is 38.5 Å². The SMILES string of the molecule is CCOC(CC)(CC)C(N)C1CCC1. The summed E-state index contributed by atoms with van der Waals surface area (Å²) in [6, 6.07) is 0.242. The average Bonchev–Trinajstić information content (AvgIpc) is 2.11. The lowest BCUT2D eigenvalue weighted by Crippen LogP contribution is -2.55. The molecule has 14 heavy (non-hydrogen) atoms. The molecule has 0 heterocycles. The third kappa shape index (κ3) is 2.12. The molecule has 1 aliphatic carbocycles. The zero-order valence-corrected chi connectivity index (χ0v) is 9.88. The Bertz CT molecular complexity index is 162. The fourth-order valence-electron chi connectivity index (χ4n) is 2.54. The van der Waals surface area contributed by atoms with Crippen LogP contribution in [0.4, 0.5) is 0 Å². The van der Waals surface area contributed by atoms with Gasteiger partial charge < -0.3 is 10.5 Å². The molecular formula is C12H25NO. The number of hydrogen-bond acceptors (Lipinski definition) is 2. The van der Waals surface area contributed by atoms with Crippen molar-refractivity contribution in [2.45, 2.75) is 64.5 Å². The molecule has 2 N–H and O–H groups in total. The van der Waals surface area contributed by atoms with Gasteiger partial charge in [-0.25, -0.2) is 0 Å². The van der Waals surface area contributed by atoms with Gasteiger partial charge in [0.2, 0.25) is 0 Å². The van der Waals surface area contributed by atoms with Crippen molar-refractivity contribution in [1.29, 1.82) is 0 Å². The van der Waals surface area contributed by atoms with Gasteiger partial charge in [0.25, 0.3) is 0 Å². The van der Waals surface area contributed by atoms with E-state index in [4.69, 9.17) is 10.5 Å². The van der Waals surface area contributed by atoms with Gasteiger partial charge >= 0.3 is 0 Å². The molecule has 0 aromatic carbocycles. The van der Waals surface area contributed by atoms with Gasteiger partial charge in [0.05, 0.1) is 5.60 Å². The highest BCUT2D eigenvalue weighted by Gasteiger charge is 2.40. The number of ether oxygens (including phenoxy) is 1. The summed E-state index contributed by atoms with van der Waals surface area (Å²) in [5.74, 6) is 0.710. The Hall–Kier alpha value is -0.0800. The van der Waals surface area contributed by atoms with Gasteiger partial charge in [-0.1, -0.05) is 20.3 Å². The number of hydrogen-bond donors (Lipinski definition) is 1. The highest BCUT2D eigenvalue weighted by molar-refractivity contribution is 4.96. The Morgan fingerprint density at radius 3 is 2.14 bits per heavy atom. The number of nitrogens with two attached hydrogens (primary N) is 1. The predicted octanol–water partition coefficient (Wildman–Crippen LogP) is 2.71. The standard InChI is InChI=1S/C12H25NO/c1-4-12(5-2,14-6-3)11(13)10-8-7-9-10/h10-11H,4-9,13H2,1-3H3. The lowest BCUT2D eigenvalue weighted by molar-refractivity contribution is -0.0834. The second-order valence-corrected chi connectivity index (χ2v) is 4.42. The molecule has 0 aliphatic heterocycles. The van der Waals surface area contributed by atoms with Crippen LogP contribution in [0, 0.1) is 5.92 Å². The normalized spacial score (nSPS) is 20.6. The quantitative estimate of drug-likeness (QED) is 0.714. The van der Waals surface area contributed by atoms with Crippen LogP contribution in [-0.4, -0.2) is 18.2 Å². The highest BCUT2D eigenvalue weighted by atomic mass is 16.5. The van der Waals surface area contributed by atoms with E-state index in [0.29, 0.717) is 5.92 Å².